The molecular weight excluding hydrogens is 269 g/mol. The van der Waals surface area contributed by atoms with E-state index in [9.17, 15) is 9.18 Å². The number of benzene rings is 1. The third-order valence-corrected chi connectivity index (χ3v) is 3.99. The number of rotatable bonds is 4. The third-order valence-electron chi connectivity index (χ3n) is 3.67. The number of esters is 1. The first kappa shape index (κ1) is 15.9. The van der Waals surface area contributed by atoms with Crippen molar-refractivity contribution in [1.29, 1.82) is 0 Å². The van der Waals surface area contributed by atoms with Crippen molar-refractivity contribution in [2.75, 3.05) is 7.11 Å². The van der Waals surface area contributed by atoms with E-state index in [1.165, 1.54) is 19.2 Å². The van der Waals surface area contributed by atoms with E-state index in [4.69, 9.17) is 22.1 Å². The van der Waals surface area contributed by atoms with Crippen LogP contribution in [0.2, 0.25) is 5.02 Å². The first-order chi connectivity index (χ1) is 8.61. The topological polar surface area (TPSA) is 52.3 Å². The predicted molar refractivity (Wildman–Crippen MR) is 73.7 cm³/mol. The molecule has 0 aliphatic rings. The first-order valence-electron chi connectivity index (χ1n) is 5.93. The Kier molecular flexibility index (Phi) is 4.59. The second-order valence-corrected chi connectivity index (χ2v) is 5.84. The van der Waals surface area contributed by atoms with E-state index in [1.54, 1.807) is 19.9 Å². The normalized spacial score (nSPS) is 14.9. The minimum absolute atomic E-state index is 0.0678. The van der Waals surface area contributed by atoms with Gasteiger partial charge in [-0.1, -0.05) is 24.6 Å². The number of carbonyl (C=O) groups excluding carboxylic acids is 1. The quantitative estimate of drug-likeness (QED) is 0.866. The molecule has 1 atom stereocenters. The molecule has 0 fully saturated rings. The molecule has 106 valence electrons. The zero-order chi connectivity index (χ0) is 14.8. The van der Waals surface area contributed by atoms with E-state index in [-0.39, 0.29) is 17.4 Å². The van der Waals surface area contributed by atoms with Gasteiger partial charge in [0.15, 0.2) is 0 Å². The van der Waals surface area contributed by atoms with Gasteiger partial charge in [-0.05, 0) is 31.5 Å². The Morgan fingerprint density at radius 1 is 1.42 bits per heavy atom. The minimum Gasteiger partial charge on any atom is -0.469 e. The van der Waals surface area contributed by atoms with Crippen LogP contribution in [0.25, 0.3) is 0 Å². The summed E-state index contributed by atoms with van der Waals surface area (Å²) in [5.74, 6) is -0.814. The zero-order valence-corrected chi connectivity index (χ0v) is 12.3. The van der Waals surface area contributed by atoms with E-state index < -0.39 is 16.8 Å². The Labute approximate surface area is 117 Å². The van der Waals surface area contributed by atoms with Gasteiger partial charge < -0.3 is 10.5 Å². The van der Waals surface area contributed by atoms with Gasteiger partial charge in [-0.25, -0.2) is 4.39 Å². The van der Waals surface area contributed by atoms with Crippen molar-refractivity contribution in [3.63, 3.8) is 0 Å². The molecule has 0 aromatic heterocycles. The zero-order valence-electron chi connectivity index (χ0n) is 11.6. The second-order valence-electron chi connectivity index (χ2n) is 5.43. The van der Waals surface area contributed by atoms with E-state index in [0.717, 1.165) is 0 Å². The van der Waals surface area contributed by atoms with Crippen LogP contribution >= 0.6 is 11.6 Å². The van der Waals surface area contributed by atoms with E-state index >= 15 is 0 Å². The average Bonchev–Trinajstić information content (AvgIpc) is 2.26. The minimum atomic E-state index is -0.759. The maximum Gasteiger partial charge on any atom is 0.306 e. The Bertz CT molecular complexity index is 485. The number of nitrogens with two attached hydrogens (primary N) is 1. The number of halogens is 2. The Hall–Kier alpha value is -1.13. The fraction of sp³-hybridized carbons (Fsp3) is 0.500. The van der Waals surface area contributed by atoms with Gasteiger partial charge in [0.25, 0.3) is 0 Å². The van der Waals surface area contributed by atoms with Crippen LogP contribution in [0.15, 0.2) is 18.2 Å². The Morgan fingerprint density at radius 2 is 2.00 bits per heavy atom. The molecule has 3 nitrogen and oxygen atoms in total. The number of hydrogen-bond donors (Lipinski definition) is 1. The molecular formula is C14H19ClFNO2. The molecule has 0 saturated carbocycles. The van der Waals surface area contributed by atoms with Crippen LogP contribution in [-0.2, 0) is 14.9 Å². The van der Waals surface area contributed by atoms with Crippen molar-refractivity contribution < 1.29 is 13.9 Å². The largest absolute Gasteiger partial charge is 0.469 e. The van der Waals surface area contributed by atoms with Gasteiger partial charge in [-0.2, -0.15) is 0 Å². The van der Waals surface area contributed by atoms with Crippen molar-refractivity contribution in [2.45, 2.75) is 38.1 Å². The molecule has 0 aliphatic carbocycles. The fourth-order valence-electron chi connectivity index (χ4n) is 1.97. The molecule has 0 amide bonds. The lowest BCUT2D eigenvalue weighted by molar-refractivity contribution is -0.142. The molecule has 5 heteroatoms. The molecule has 0 aliphatic heterocycles. The van der Waals surface area contributed by atoms with Crippen LogP contribution in [0, 0.1) is 5.82 Å². The Morgan fingerprint density at radius 3 is 2.42 bits per heavy atom. The molecule has 1 unspecified atom stereocenters. The smallest absolute Gasteiger partial charge is 0.306 e. The van der Waals surface area contributed by atoms with Crippen LogP contribution in [0.3, 0.4) is 0 Å². The molecule has 1 aromatic rings. The van der Waals surface area contributed by atoms with Crippen LogP contribution in [0.4, 0.5) is 4.39 Å². The second kappa shape index (κ2) is 5.47. The van der Waals surface area contributed by atoms with Crippen molar-refractivity contribution in [1.82, 2.24) is 0 Å². The van der Waals surface area contributed by atoms with Gasteiger partial charge in [0, 0.05) is 16.0 Å². The lowest BCUT2D eigenvalue weighted by Gasteiger charge is -2.42. The van der Waals surface area contributed by atoms with Crippen molar-refractivity contribution in [2.24, 2.45) is 5.73 Å². The third kappa shape index (κ3) is 3.25. The maximum absolute atomic E-state index is 13.2. The van der Waals surface area contributed by atoms with Crippen LogP contribution in [0.5, 0.6) is 0 Å². The lowest BCUT2D eigenvalue weighted by atomic mass is 9.66. The molecule has 0 spiro atoms. The molecule has 1 rings (SSSR count). The summed E-state index contributed by atoms with van der Waals surface area (Å²) in [6.45, 7) is 5.42. The molecule has 0 saturated heterocycles. The SMILES string of the molecule is COC(=O)CC(C)(c1ccc(F)cc1Cl)C(C)(C)N. The number of carbonyl (C=O) groups is 1. The lowest BCUT2D eigenvalue weighted by Crippen LogP contribution is -2.53. The fourth-order valence-corrected chi connectivity index (χ4v) is 2.34. The molecule has 0 radical (unpaired) electrons. The van der Waals surface area contributed by atoms with Gasteiger partial charge in [0.2, 0.25) is 0 Å². The predicted octanol–water partition coefficient (Wildman–Crippen LogP) is 3.04. The van der Waals surface area contributed by atoms with Crippen molar-refractivity contribution in [3.05, 3.63) is 34.6 Å². The molecule has 1 aromatic carbocycles. The van der Waals surface area contributed by atoms with Gasteiger partial charge >= 0.3 is 5.97 Å². The van der Waals surface area contributed by atoms with E-state index in [1.807, 2.05) is 6.92 Å². The highest BCUT2D eigenvalue weighted by atomic mass is 35.5. The Balaban J connectivity index is 3.35. The summed E-state index contributed by atoms with van der Waals surface area (Å²) in [7, 11) is 1.32. The summed E-state index contributed by atoms with van der Waals surface area (Å²) >= 11 is 6.10. The molecule has 0 bridgehead atoms. The summed E-state index contributed by atoms with van der Waals surface area (Å²) in [6, 6.07) is 4.09. The summed E-state index contributed by atoms with van der Waals surface area (Å²) in [5, 5.41) is 0.255. The summed E-state index contributed by atoms with van der Waals surface area (Å²) in [4.78, 5) is 11.6. The van der Waals surface area contributed by atoms with Crippen LogP contribution in [-0.4, -0.2) is 18.6 Å². The molecule has 0 heterocycles. The van der Waals surface area contributed by atoms with Gasteiger partial charge in [0.1, 0.15) is 5.82 Å². The summed E-state index contributed by atoms with van der Waals surface area (Å²) < 4.78 is 17.9. The van der Waals surface area contributed by atoms with Gasteiger partial charge in [0.05, 0.1) is 13.5 Å². The highest BCUT2D eigenvalue weighted by Crippen LogP contribution is 2.40. The standard InChI is InChI=1S/C14H19ClFNO2/c1-13(2,17)14(3,8-12(18)19-4)10-6-5-9(16)7-11(10)15/h5-7H,8,17H2,1-4H3. The summed E-state index contributed by atoms with van der Waals surface area (Å²) in [6.07, 6.45) is 0.0678. The maximum atomic E-state index is 13.2. The van der Waals surface area contributed by atoms with Crippen LogP contribution < -0.4 is 5.73 Å². The highest BCUT2D eigenvalue weighted by Gasteiger charge is 2.43. The molecule has 19 heavy (non-hydrogen) atoms. The van der Waals surface area contributed by atoms with Crippen LogP contribution in [0.1, 0.15) is 32.8 Å². The average molecular weight is 288 g/mol. The van der Waals surface area contributed by atoms with Crippen molar-refractivity contribution >= 4 is 17.6 Å². The van der Waals surface area contributed by atoms with Gasteiger partial charge in [-0.3, -0.25) is 4.79 Å². The number of hydrogen-bond acceptors (Lipinski definition) is 3. The molecule has 2 N–H and O–H groups in total. The number of ether oxygens (including phenoxy) is 1. The van der Waals surface area contributed by atoms with Crippen molar-refractivity contribution in [3.8, 4) is 0 Å². The summed E-state index contributed by atoms with van der Waals surface area (Å²) in [5.41, 5.74) is 5.34. The van der Waals surface area contributed by atoms with Gasteiger partial charge in [-0.15, -0.1) is 0 Å². The monoisotopic (exact) mass is 287 g/mol. The first-order valence-corrected chi connectivity index (χ1v) is 6.31. The number of methoxy groups -OCH3 is 1. The van der Waals surface area contributed by atoms with E-state index in [2.05, 4.69) is 0 Å². The highest BCUT2D eigenvalue weighted by molar-refractivity contribution is 6.31. The van der Waals surface area contributed by atoms with E-state index in [0.29, 0.717) is 5.56 Å².